The number of hydrogen-bond donors (Lipinski definition) is 1. The molecular formula is C16H22N4OS. The number of thiazole rings is 1. The van der Waals surface area contributed by atoms with Crippen LogP contribution in [-0.2, 0) is 18.3 Å². The molecule has 0 spiro atoms. The second kappa shape index (κ2) is 6.10. The van der Waals surface area contributed by atoms with E-state index in [1.807, 2.05) is 37.0 Å². The number of nitrogens with zero attached hydrogens (tertiary/aromatic N) is 3. The van der Waals surface area contributed by atoms with Crippen molar-refractivity contribution in [2.75, 3.05) is 6.61 Å². The highest BCUT2D eigenvalue weighted by Gasteiger charge is 2.30. The van der Waals surface area contributed by atoms with Crippen molar-refractivity contribution in [2.24, 2.45) is 7.05 Å². The molecule has 22 heavy (non-hydrogen) atoms. The van der Waals surface area contributed by atoms with Gasteiger partial charge in [0, 0.05) is 55.6 Å². The summed E-state index contributed by atoms with van der Waals surface area (Å²) in [4.78, 5) is 10.3. The summed E-state index contributed by atoms with van der Waals surface area (Å²) in [5.74, 6) is 1.76. The van der Waals surface area contributed by atoms with Crippen molar-refractivity contribution in [2.45, 2.75) is 50.3 Å². The number of imidazole rings is 1. The summed E-state index contributed by atoms with van der Waals surface area (Å²) >= 11 is 1.86. The maximum absolute atomic E-state index is 6.00. The fraction of sp³-hybridized carbons (Fsp3) is 0.625. The topological polar surface area (TPSA) is 52.0 Å². The summed E-state index contributed by atoms with van der Waals surface area (Å²) in [5.41, 5.74) is 0. The third-order valence-corrected chi connectivity index (χ3v) is 5.63. The van der Waals surface area contributed by atoms with Gasteiger partial charge in [-0.3, -0.25) is 0 Å². The normalized spacial score (nSPS) is 25.5. The van der Waals surface area contributed by atoms with Crippen molar-refractivity contribution in [3.05, 3.63) is 34.3 Å². The highest BCUT2D eigenvalue weighted by atomic mass is 32.1. The second-order valence-electron chi connectivity index (χ2n) is 6.26. The predicted molar refractivity (Wildman–Crippen MR) is 85.9 cm³/mol. The third kappa shape index (κ3) is 2.95. The summed E-state index contributed by atoms with van der Waals surface area (Å²) in [6, 6.07) is 0.321. The first-order valence-corrected chi connectivity index (χ1v) is 8.89. The Kier molecular flexibility index (Phi) is 3.98. The summed E-state index contributed by atoms with van der Waals surface area (Å²) in [7, 11) is 2.03. The van der Waals surface area contributed by atoms with Crippen molar-refractivity contribution in [1.29, 1.82) is 0 Å². The molecule has 0 aromatic carbocycles. The van der Waals surface area contributed by atoms with Gasteiger partial charge in [-0.1, -0.05) is 0 Å². The molecule has 0 unspecified atom stereocenters. The maximum atomic E-state index is 6.00. The molecule has 1 saturated heterocycles. The van der Waals surface area contributed by atoms with Gasteiger partial charge in [0.1, 0.15) is 11.9 Å². The molecule has 0 radical (unpaired) electrons. The minimum atomic E-state index is 0.0459. The molecule has 3 heterocycles. The van der Waals surface area contributed by atoms with Crippen LogP contribution in [-0.4, -0.2) is 27.2 Å². The molecule has 2 aromatic heterocycles. The van der Waals surface area contributed by atoms with Gasteiger partial charge in [0.25, 0.3) is 0 Å². The maximum Gasteiger partial charge on any atom is 0.139 e. The molecule has 6 heteroatoms. The first-order valence-electron chi connectivity index (χ1n) is 8.08. The van der Waals surface area contributed by atoms with Crippen LogP contribution in [0.5, 0.6) is 0 Å². The Bertz CT molecular complexity index is 634. The van der Waals surface area contributed by atoms with Gasteiger partial charge in [0.2, 0.25) is 0 Å². The molecule has 2 atom stereocenters. The van der Waals surface area contributed by atoms with Gasteiger partial charge in [0.15, 0.2) is 0 Å². The number of nitrogens with one attached hydrogen (secondary N) is 1. The fourth-order valence-electron chi connectivity index (χ4n) is 3.05. The zero-order chi connectivity index (χ0) is 14.9. The van der Waals surface area contributed by atoms with Crippen molar-refractivity contribution < 1.29 is 4.74 Å². The third-order valence-electron chi connectivity index (χ3n) is 4.47. The van der Waals surface area contributed by atoms with Crippen molar-refractivity contribution >= 4 is 11.3 Å². The molecule has 0 amide bonds. The summed E-state index contributed by atoms with van der Waals surface area (Å²) in [5, 5.41) is 4.99. The molecule has 1 aliphatic heterocycles. The smallest absolute Gasteiger partial charge is 0.139 e. The van der Waals surface area contributed by atoms with Gasteiger partial charge in [0.05, 0.1) is 5.01 Å². The quantitative estimate of drug-likeness (QED) is 0.921. The number of ether oxygens (including phenoxy) is 1. The van der Waals surface area contributed by atoms with Gasteiger partial charge >= 0.3 is 0 Å². The molecule has 1 N–H and O–H groups in total. The number of rotatable bonds is 5. The second-order valence-corrected chi connectivity index (χ2v) is 7.40. The van der Waals surface area contributed by atoms with E-state index < -0.39 is 0 Å². The lowest BCUT2D eigenvalue weighted by Crippen LogP contribution is -2.40. The highest BCUT2D eigenvalue weighted by Crippen LogP contribution is 2.41. The van der Waals surface area contributed by atoms with Crippen LogP contribution in [0.2, 0.25) is 0 Å². The fourth-order valence-corrected chi connectivity index (χ4v) is 4.09. The van der Waals surface area contributed by atoms with E-state index in [-0.39, 0.29) is 6.10 Å². The Morgan fingerprint density at radius 2 is 2.27 bits per heavy atom. The lowest BCUT2D eigenvalue weighted by atomic mass is 10.0. The van der Waals surface area contributed by atoms with Gasteiger partial charge < -0.3 is 14.6 Å². The van der Waals surface area contributed by atoms with Crippen LogP contribution < -0.4 is 5.32 Å². The Hall–Kier alpha value is -1.24. The van der Waals surface area contributed by atoms with Crippen LogP contribution >= 0.6 is 11.3 Å². The van der Waals surface area contributed by atoms with Gasteiger partial charge in [-0.15, -0.1) is 11.3 Å². The van der Waals surface area contributed by atoms with Crippen molar-refractivity contribution in [3.63, 3.8) is 0 Å². The number of aryl methyl sites for hydroxylation is 1. The van der Waals surface area contributed by atoms with Gasteiger partial charge in [-0.2, -0.15) is 0 Å². The van der Waals surface area contributed by atoms with Gasteiger partial charge in [-0.05, 0) is 25.7 Å². The Balaban J connectivity index is 1.42. The van der Waals surface area contributed by atoms with Crippen LogP contribution in [0.3, 0.4) is 0 Å². The summed E-state index contributed by atoms with van der Waals surface area (Å²) in [6.07, 6.45) is 10.8. The lowest BCUT2D eigenvalue weighted by Gasteiger charge is -2.32. The van der Waals surface area contributed by atoms with E-state index in [1.54, 1.807) is 0 Å². The zero-order valence-electron chi connectivity index (χ0n) is 12.9. The Morgan fingerprint density at radius 1 is 1.36 bits per heavy atom. The highest BCUT2D eigenvalue weighted by molar-refractivity contribution is 7.11. The van der Waals surface area contributed by atoms with E-state index >= 15 is 0 Å². The van der Waals surface area contributed by atoms with Crippen LogP contribution in [0.25, 0.3) is 0 Å². The van der Waals surface area contributed by atoms with Crippen LogP contribution in [0.4, 0.5) is 0 Å². The average Bonchev–Trinajstić information content (AvgIpc) is 3.13. The predicted octanol–water partition coefficient (Wildman–Crippen LogP) is 2.76. The monoisotopic (exact) mass is 318 g/mol. The van der Waals surface area contributed by atoms with Crippen LogP contribution in [0.15, 0.2) is 18.6 Å². The molecule has 118 valence electrons. The minimum absolute atomic E-state index is 0.0459. The van der Waals surface area contributed by atoms with E-state index in [1.165, 1.54) is 22.7 Å². The SMILES string of the molecule is Cn1ccnc1[C@H]1OCCC[C@@H]1NCc1cnc(C2CC2)s1. The van der Waals surface area contributed by atoms with Crippen LogP contribution in [0.1, 0.15) is 53.4 Å². The number of hydrogen-bond acceptors (Lipinski definition) is 5. The van der Waals surface area contributed by atoms with E-state index in [9.17, 15) is 0 Å². The van der Waals surface area contributed by atoms with E-state index in [4.69, 9.17) is 4.74 Å². The van der Waals surface area contributed by atoms with E-state index in [2.05, 4.69) is 19.9 Å². The first-order chi connectivity index (χ1) is 10.8. The van der Waals surface area contributed by atoms with Gasteiger partial charge in [-0.25, -0.2) is 9.97 Å². The molecule has 4 rings (SSSR count). The molecule has 1 saturated carbocycles. The number of aromatic nitrogens is 3. The Morgan fingerprint density at radius 3 is 3.05 bits per heavy atom. The average molecular weight is 318 g/mol. The zero-order valence-corrected chi connectivity index (χ0v) is 13.7. The first kappa shape index (κ1) is 14.4. The molecule has 2 aliphatic rings. The summed E-state index contributed by atoms with van der Waals surface area (Å²) < 4.78 is 8.06. The Labute approximate surface area is 134 Å². The van der Waals surface area contributed by atoms with E-state index in [0.29, 0.717) is 6.04 Å². The largest absolute Gasteiger partial charge is 0.369 e. The lowest BCUT2D eigenvalue weighted by molar-refractivity contribution is -0.0177. The standard InChI is InChI=1S/C16H22N4OS/c1-20-7-6-17-15(20)14-13(3-2-8-21-14)18-9-12-10-19-16(22-12)11-4-5-11/h6-7,10-11,13-14,18H,2-5,8-9H2,1H3/t13-,14-/m0/s1. The van der Waals surface area contributed by atoms with Crippen molar-refractivity contribution in [3.8, 4) is 0 Å². The van der Waals surface area contributed by atoms with Crippen LogP contribution in [0, 0.1) is 0 Å². The summed E-state index contributed by atoms with van der Waals surface area (Å²) in [6.45, 7) is 1.70. The molecule has 2 fully saturated rings. The molecule has 0 bridgehead atoms. The molecule has 2 aromatic rings. The minimum Gasteiger partial charge on any atom is -0.369 e. The molecular weight excluding hydrogens is 296 g/mol. The van der Waals surface area contributed by atoms with Crippen molar-refractivity contribution in [1.82, 2.24) is 19.9 Å². The molecule has 5 nitrogen and oxygen atoms in total. The van der Waals surface area contributed by atoms with E-state index in [0.717, 1.165) is 37.7 Å². The molecule has 1 aliphatic carbocycles.